The average Bonchev–Trinajstić information content (AvgIpc) is 3.86. The number of nitrogens with zero attached hydrogens (tertiary/aromatic N) is 3. The van der Waals surface area contributed by atoms with Crippen LogP contribution in [0.4, 0.5) is 34.1 Å². The fourth-order valence-corrected chi connectivity index (χ4v) is 10.5. The summed E-state index contributed by atoms with van der Waals surface area (Å²) in [5, 5.41) is 10.1. The number of aromatic nitrogens is 1. The molecule has 4 heteroatoms. The Morgan fingerprint density at radius 2 is 0.817 bits per heavy atom. The van der Waals surface area contributed by atoms with Gasteiger partial charge in [-0.05, 0) is 125 Å². The number of rotatable bonds is 7. The van der Waals surface area contributed by atoms with Crippen molar-refractivity contribution in [3.05, 3.63) is 224 Å². The zero-order valence-corrected chi connectivity index (χ0v) is 33.4. The highest BCUT2D eigenvalue weighted by molar-refractivity contribution is 7.26. The van der Waals surface area contributed by atoms with Gasteiger partial charge in [0, 0.05) is 70.8 Å². The van der Waals surface area contributed by atoms with Gasteiger partial charge in [-0.25, -0.2) is 0 Å². The third-order valence-corrected chi connectivity index (χ3v) is 13.1. The predicted octanol–water partition coefficient (Wildman–Crippen LogP) is 16.4. The molecule has 0 saturated heterocycles. The van der Waals surface area contributed by atoms with Gasteiger partial charge >= 0.3 is 0 Å². The van der Waals surface area contributed by atoms with Gasteiger partial charge in [0.2, 0.25) is 0 Å². The van der Waals surface area contributed by atoms with Crippen LogP contribution in [0.3, 0.4) is 0 Å². The van der Waals surface area contributed by atoms with Crippen molar-refractivity contribution in [2.24, 2.45) is 0 Å². The molecule has 60 heavy (non-hydrogen) atoms. The first-order valence-corrected chi connectivity index (χ1v) is 21.2. The SMILES string of the molecule is c1ccc(N(c2ccc(-n3c4ccc(N(c5ccccc5)c5ccccc5)cc4c4c5sc6ccccc6c5ccc43)cc2)c2ccc3c(ccc4ccccc43)c2)cc1. The lowest BCUT2D eigenvalue weighted by Gasteiger charge is -2.26. The van der Waals surface area contributed by atoms with Crippen molar-refractivity contribution in [1.82, 2.24) is 4.57 Å². The number of anilines is 6. The molecule has 0 atom stereocenters. The number of hydrogen-bond acceptors (Lipinski definition) is 3. The number of benzene rings is 10. The molecule has 0 saturated carbocycles. The molecule has 2 aromatic heterocycles. The Bertz CT molecular complexity index is 3500. The molecule has 0 fully saturated rings. The second-order valence-electron chi connectivity index (χ2n) is 15.4. The summed E-state index contributed by atoms with van der Waals surface area (Å²) in [7, 11) is 0. The van der Waals surface area contributed by atoms with Crippen LogP contribution < -0.4 is 9.80 Å². The van der Waals surface area contributed by atoms with E-state index in [-0.39, 0.29) is 0 Å². The third kappa shape index (κ3) is 5.57. The van der Waals surface area contributed by atoms with E-state index in [1.807, 2.05) is 11.3 Å². The summed E-state index contributed by atoms with van der Waals surface area (Å²) < 4.78 is 5.07. The molecule has 3 nitrogen and oxygen atoms in total. The summed E-state index contributed by atoms with van der Waals surface area (Å²) in [6, 6.07) is 81.5. The second-order valence-corrected chi connectivity index (χ2v) is 16.4. The van der Waals surface area contributed by atoms with Crippen LogP contribution in [0.5, 0.6) is 0 Å². The highest BCUT2D eigenvalue weighted by Gasteiger charge is 2.21. The van der Waals surface area contributed by atoms with Crippen molar-refractivity contribution in [1.29, 1.82) is 0 Å². The molecule has 10 aromatic carbocycles. The number of para-hydroxylation sites is 3. The Hall–Kier alpha value is -7.66. The van der Waals surface area contributed by atoms with Gasteiger partial charge in [0.1, 0.15) is 0 Å². The molecule has 12 rings (SSSR count). The minimum Gasteiger partial charge on any atom is -0.310 e. The summed E-state index contributed by atoms with van der Waals surface area (Å²) in [6.07, 6.45) is 0. The molecular weight excluding hydrogens is 747 g/mol. The van der Waals surface area contributed by atoms with Crippen molar-refractivity contribution in [2.45, 2.75) is 0 Å². The van der Waals surface area contributed by atoms with Crippen LogP contribution >= 0.6 is 11.3 Å². The van der Waals surface area contributed by atoms with E-state index in [0.717, 1.165) is 39.8 Å². The van der Waals surface area contributed by atoms with Crippen molar-refractivity contribution in [2.75, 3.05) is 9.80 Å². The Labute approximate surface area is 351 Å². The largest absolute Gasteiger partial charge is 0.310 e. The van der Waals surface area contributed by atoms with Crippen LogP contribution in [0.1, 0.15) is 0 Å². The van der Waals surface area contributed by atoms with E-state index in [0.29, 0.717) is 0 Å². The summed E-state index contributed by atoms with van der Waals surface area (Å²) in [5.41, 5.74) is 10.2. The first-order valence-electron chi connectivity index (χ1n) is 20.4. The van der Waals surface area contributed by atoms with Crippen LogP contribution in [0.25, 0.3) is 69.2 Å². The van der Waals surface area contributed by atoms with Gasteiger partial charge in [-0.1, -0.05) is 121 Å². The van der Waals surface area contributed by atoms with Gasteiger partial charge in [0.15, 0.2) is 0 Å². The number of fused-ring (bicyclic) bond motifs is 10. The highest BCUT2D eigenvalue weighted by atomic mass is 32.1. The molecule has 0 N–H and O–H groups in total. The van der Waals surface area contributed by atoms with Gasteiger partial charge in [0.25, 0.3) is 0 Å². The Morgan fingerprint density at radius 3 is 1.52 bits per heavy atom. The van der Waals surface area contributed by atoms with E-state index in [9.17, 15) is 0 Å². The maximum absolute atomic E-state index is 2.45. The molecule has 0 spiro atoms. The van der Waals surface area contributed by atoms with Crippen LogP contribution in [-0.4, -0.2) is 4.57 Å². The maximum atomic E-state index is 2.45. The van der Waals surface area contributed by atoms with E-state index < -0.39 is 0 Å². The lowest BCUT2D eigenvalue weighted by Crippen LogP contribution is -2.10. The quantitative estimate of drug-likeness (QED) is 0.149. The van der Waals surface area contributed by atoms with E-state index in [4.69, 9.17) is 0 Å². The minimum absolute atomic E-state index is 1.10. The third-order valence-electron chi connectivity index (χ3n) is 11.9. The lowest BCUT2D eigenvalue weighted by molar-refractivity contribution is 1.17. The standard InChI is InChI=1S/C56H37N3S/c1-4-15-40(16-5-1)57(41-17-6-2-7-18-41)46-31-34-52-51(37-46)55-53(35-33-50-49-22-12-13-23-54(49)60-56(50)55)59(52)44-28-26-43(27-29-44)58(42-19-8-3-9-20-42)45-30-32-48-39(36-45)25-24-38-14-10-11-21-47(38)48/h1-37H. The highest BCUT2D eigenvalue weighted by Crippen LogP contribution is 2.46. The van der Waals surface area contributed by atoms with E-state index in [2.05, 4.69) is 239 Å². The molecule has 12 aromatic rings. The summed E-state index contributed by atoms with van der Waals surface area (Å²) in [4.78, 5) is 4.72. The number of hydrogen-bond donors (Lipinski definition) is 0. The molecule has 0 radical (unpaired) electrons. The normalized spacial score (nSPS) is 11.7. The van der Waals surface area contributed by atoms with Gasteiger partial charge in [-0.3, -0.25) is 0 Å². The summed E-state index contributed by atoms with van der Waals surface area (Å²) in [5.74, 6) is 0. The zero-order valence-electron chi connectivity index (χ0n) is 32.6. The molecule has 0 bridgehead atoms. The van der Waals surface area contributed by atoms with E-state index in [1.54, 1.807) is 0 Å². The molecule has 0 unspecified atom stereocenters. The fraction of sp³-hybridized carbons (Fsp3) is 0. The smallest absolute Gasteiger partial charge is 0.0555 e. The second kappa shape index (κ2) is 14.0. The van der Waals surface area contributed by atoms with Crippen LogP contribution in [0.15, 0.2) is 224 Å². The zero-order chi connectivity index (χ0) is 39.6. The molecule has 282 valence electrons. The molecule has 0 amide bonds. The van der Waals surface area contributed by atoms with Crippen LogP contribution in [-0.2, 0) is 0 Å². The molecular formula is C56H37N3S. The van der Waals surface area contributed by atoms with Crippen molar-refractivity contribution in [3.8, 4) is 5.69 Å². The summed E-state index contributed by atoms with van der Waals surface area (Å²) >= 11 is 1.89. The van der Waals surface area contributed by atoms with Gasteiger partial charge < -0.3 is 14.4 Å². The van der Waals surface area contributed by atoms with E-state index in [1.165, 1.54) is 63.5 Å². The Kier molecular flexibility index (Phi) is 8.03. The first kappa shape index (κ1) is 34.4. The fourth-order valence-electron chi connectivity index (χ4n) is 9.21. The number of thiophene rings is 1. The van der Waals surface area contributed by atoms with Crippen LogP contribution in [0, 0.1) is 0 Å². The predicted molar refractivity (Wildman–Crippen MR) is 258 cm³/mol. The monoisotopic (exact) mass is 783 g/mol. The summed E-state index contributed by atoms with van der Waals surface area (Å²) in [6.45, 7) is 0. The maximum Gasteiger partial charge on any atom is 0.0555 e. The van der Waals surface area contributed by atoms with Gasteiger partial charge in [-0.2, -0.15) is 0 Å². The minimum atomic E-state index is 1.10. The van der Waals surface area contributed by atoms with E-state index >= 15 is 0 Å². The molecule has 0 aliphatic heterocycles. The topological polar surface area (TPSA) is 11.4 Å². The molecule has 0 aliphatic carbocycles. The van der Waals surface area contributed by atoms with Crippen molar-refractivity contribution >= 4 is 109 Å². The first-order chi connectivity index (χ1) is 29.8. The Morgan fingerprint density at radius 1 is 0.317 bits per heavy atom. The van der Waals surface area contributed by atoms with Crippen molar-refractivity contribution < 1.29 is 0 Å². The lowest BCUT2D eigenvalue weighted by atomic mass is 10.0. The van der Waals surface area contributed by atoms with Gasteiger partial charge in [-0.15, -0.1) is 11.3 Å². The van der Waals surface area contributed by atoms with Gasteiger partial charge in [0.05, 0.1) is 11.0 Å². The average molecular weight is 784 g/mol. The van der Waals surface area contributed by atoms with Crippen LogP contribution in [0.2, 0.25) is 0 Å². The Balaban J connectivity index is 1.04. The molecule has 2 heterocycles. The van der Waals surface area contributed by atoms with Crippen molar-refractivity contribution in [3.63, 3.8) is 0 Å². The molecule has 0 aliphatic rings.